The summed E-state index contributed by atoms with van der Waals surface area (Å²) in [5, 5.41) is 0. The zero-order chi connectivity index (χ0) is 12.5. The summed E-state index contributed by atoms with van der Waals surface area (Å²) in [5.41, 5.74) is 1.43. The first-order valence-electron chi connectivity index (χ1n) is 6.94. The predicted octanol–water partition coefficient (Wildman–Crippen LogP) is 4.84. The number of hydrogen-bond donors (Lipinski definition) is 0. The maximum absolute atomic E-state index is 5.43. The molecule has 0 aliphatic carbocycles. The van der Waals surface area contributed by atoms with Crippen LogP contribution < -0.4 is 4.74 Å². The Labute approximate surface area is 106 Å². The minimum absolute atomic E-state index is 0.745. The van der Waals surface area contributed by atoms with Crippen LogP contribution in [0, 0.1) is 5.92 Å². The molecule has 0 aromatic heterocycles. The zero-order valence-electron chi connectivity index (χ0n) is 11.5. The second kappa shape index (κ2) is 8.16. The highest BCUT2D eigenvalue weighted by molar-refractivity contribution is 5.27. The molecule has 96 valence electrons. The highest BCUT2D eigenvalue weighted by Crippen LogP contribution is 2.15. The lowest BCUT2D eigenvalue weighted by molar-refractivity contribution is 0.340. The van der Waals surface area contributed by atoms with Gasteiger partial charge in [0, 0.05) is 0 Å². The lowest BCUT2D eigenvalue weighted by Gasteiger charge is -2.06. The minimum Gasteiger partial charge on any atom is -0.494 e. The van der Waals surface area contributed by atoms with Crippen LogP contribution in [0.2, 0.25) is 0 Å². The molecule has 0 N–H and O–H groups in total. The van der Waals surface area contributed by atoms with E-state index in [0.29, 0.717) is 0 Å². The molecular formula is C16H26O. The zero-order valence-corrected chi connectivity index (χ0v) is 11.5. The number of benzene rings is 1. The molecule has 1 rings (SSSR count). The first-order chi connectivity index (χ1) is 8.22. The van der Waals surface area contributed by atoms with Crippen LogP contribution in [-0.2, 0) is 6.42 Å². The second-order valence-electron chi connectivity index (χ2n) is 5.07. The monoisotopic (exact) mass is 234 g/mol. The van der Waals surface area contributed by atoms with E-state index in [1.165, 1.54) is 37.7 Å². The van der Waals surface area contributed by atoms with Crippen LogP contribution in [0.5, 0.6) is 5.75 Å². The number of ether oxygens (including phenoxy) is 1. The van der Waals surface area contributed by atoms with Gasteiger partial charge in [0.25, 0.3) is 0 Å². The molecule has 0 fully saturated rings. The van der Waals surface area contributed by atoms with Crippen molar-refractivity contribution in [1.82, 2.24) is 0 Å². The molecule has 0 heterocycles. The average molecular weight is 234 g/mol. The molecule has 0 spiro atoms. The summed E-state index contributed by atoms with van der Waals surface area (Å²) in [6.45, 7) is 7.36. The van der Waals surface area contributed by atoms with Crippen LogP contribution in [0.15, 0.2) is 24.3 Å². The van der Waals surface area contributed by atoms with Gasteiger partial charge in [-0.25, -0.2) is 0 Å². The molecule has 0 amide bonds. The van der Waals surface area contributed by atoms with E-state index in [9.17, 15) is 0 Å². The summed E-state index contributed by atoms with van der Waals surface area (Å²) in [5.74, 6) is 1.83. The summed E-state index contributed by atoms with van der Waals surface area (Å²) in [7, 11) is 0. The topological polar surface area (TPSA) is 9.23 Å². The fourth-order valence-electron chi connectivity index (χ4n) is 1.98. The Bertz CT molecular complexity index is 287. The van der Waals surface area contributed by atoms with Gasteiger partial charge in [0.05, 0.1) is 6.61 Å². The number of hydrogen-bond acceptors (Lipinski definition) is 1. The van der Waals surface area contributed by atoms with Crippen LogP contribution in [-0.4, -0.2) is 6.61 Å². The van der Waals surface area contributed by atoms with Crippen molar-refractivity contribution in [3.63, 3.8) is 0 Å². The smallest absolute Gasteiger partial charge is 0.119 e. The molecule has 0 radical (unpaired) electrons. The molecule has 17 heavy (non-hydrogen) atoms. The van der Waals surface area contributed by atoms with Gasteiger partial charge in [0.2, 0.25) is 0 Å². The molecule has 0 bridgehead atoms. The number of unbranched alkanes of at least 4 members (excludes halogenated alkanes) is 2. The lowest BCUT2D eigenvalue weighted by Crippen LogP contribution is -1.92. The van der Waals surface area contributed by atoms with E-state index >= 15 is 0 Å². The molecule has 0 saturated carbocycles. The van der Waals surface area contributed by atoms with Crippen molar-refractivity contribution in [2.24, 2.45) is 5.92 Å². The van der Waals surface area contributed by atoms with Gasteiger partial charge in [-0.15, -0.1) is 0 Å². The largest absolute Gasteiger partial charge is 0.494 e. The van der Waals surface area contributed by atoms with E-state index in [1.54, 1.807) is 0 Å². The predicted molar refractivity (Wildman–Crippen MR) is 74.6 cm³/mol. The Morgan fingerprint density at radius 2 is 1.71 bits per heavy atom. The maximum Gasteiger partial charge on any atom is 0.119 e. The van der Waals surface area contributed by atoms with E-state index in [1.807, 2.05) is 6.92 Å². The van der Waals surface area contributed by atoms with Crippen molar-refractivity contribution < 1.29 is 4.74 Å². The van der Waals surface area contributed by atoms with E-state index in [-0.39, 0.29) is 0 Å². The maximum atomic E-state index is 5.43. The van der Waals surface area contributed by atoms with Crippen molar-refractivity contribution in [3.05, 3.63) is 29.8 Å². The van der Waals surface area contributed by atoms with E-state index < -0.39 is 0 Å². The first-order valence-corrected chi connectivity index (χ1v) is 6.94. The van der Waals surface area contributed by atoms with Crippen LogP contribution in [0.1, 0.15) is 52.0 Å². The van der Waals surface area contributed by atoms with E-state index in [4.69, 9.17) is 4.74 Å². The minimum atomic E-state index is 0.745. The molecule has 0 aliphatic heterocycles. The quantitative estimate of drug-likeness (QED) is 0.585. The highest BCUT2D eigenvalue weighted by Gasteiger charge is 1.97. The number of rotatable bonds is 8. The van der Waals surface area contributed by atoms with Gasteiger partial charge in [-0.1, -0.05) is 45.2 Å². The van der Waals surface area contributed by atoms with Crippen LogP contribution in [0.25, 0.3) is 0 Å². The normalized spacial score (nSPS) is 10.8. The van der Waals surface area contributed by atoms with Crippen LogP contribution in [0.4, 0.5) is 0 Å². The molecule has 1 aromatic carbocycles. The second-order valence-corrected chi connectivity index (χ2v) is 5.07. The van der Waals surface area contributed by atoms with Gasteiger partial charge in [0.15, 0.2) is 0 Å². The van der Waals surface area contributed by atoms with Gasteiger partial charge in [0.1, 0.15) is 5.75 Å². The van der Waals surface area contributed by atoms with Crippen LogP contribution in [0.3, 0.4) is 0 Å². The van der Waals surface area contributed by atoms with E-state index in [0.717, 1.165) is 18.3 Å². The summed E-state index contributed by atoms with van der Waals surface area (Å²) >= 11 is 0. The van der Waals surface area contributed by atoms with Gasteiger partial charge in [-0.3, -0.25) is 0 Å². The van der Waals surface area contributed by atoms with Gasteiger partial charge in [-0.05, 0) is 43.4 Å². The lowest BCUT2D eigenvalue weighted by atomic mass is 10.0. The summed E-state index contributed by atoms with van der Waals surface area (Å²) in [6.07, 6.45) is 6.59. The third-order valence-corrected chi connectivity index (χ3v) is 2.98. The average Bonchev–Trinajstić information content (AvgIpc) is 2.31. The summed E-state index contributed by atoms with van der Waals surface area (Å²) < 4.78 is 5.43. The van der Waals surface area contributed by atoms with Gasteiger partial charge in [-0.2, -0.15) is 0 Å². The SMILES string of the molecule is CCOc1ccc(CCCCCC(C)C)cc1. The molecule has 0 atom stereocenters. The molecule has 0 saturated heterocycles. The van der Waals surface area contributed by atoms with Crippen molar-refractivity contribution in [2.75, 3.05) is 6.61 Å². The molecular weight excluding hydrogens is 208 g/mol. The van der Waals surface area contributed by atoms with Crippen molar-refractivity contribution in [3.8, 4) is 5.75 Å². The summed E-state index contributed by atoms with van der Waals surface area (Å²) in [4.78, 5) is 0. The van der Waals surface area contributed by atoms with Crippen molar-refractivity contribution in [1.29, 1.82) is 0 Å². The van der Waals surface area contributed by atoms with Gasteiger partial charge < -0.3 is 4.74 Å². The third kappa shape index (κ3) is 6.35. The Hall–Kier alpha value is -0.980. The third-order valence-electron chi connectivity index (χ3n) is 2.98. The Balaban J connectivity index is 2.18. The van der Waals surface area contributed by atoms with Crippen molar-refractivity contribution >= 4 is 0 Å². The van der Waals surface area contributed by atoms with Gasteiger partial charge >= 0.3 is 0 Å². The molecule has 0 unspecified atom stereocenters. The highest BCUT2D eigenvalue weighted by atomic mass is 16.5. The van der Waals surface area contributed by atoms with Crippen molar-refractivity contribution in [2.45, 2.75) is 52.9 Å². The van der Waals surface area contributed by atoms with Crippen LogP contribution >= 0.6 is 0 Å². The Morgan fingerprint density at radius 3 is 2.29 bits per heavy atom. The fraction of sp³-hybridized carbons (Fsp3) is 0.625. The standard InChI is InChI=1S/C16H26O/c1-4-17-16-12-10-15(11-13-16)9-7-5-6-8-14(2)3/h10-14H,4-9H2,1-3H3. The fourth-order valence-corrected chi connectivity index (χ4v) is 1.98. The molecule has 1 aromatic rings. The molecule has 1 heteroatoms. The Morgan fingerprint density at radius 1 is 1.00 bits per heavy atom. The van der Waals surface area contributed by atoms with E-state index in [2.05, 4.69) is 38.1 Å². The first kappa shape index (κ1) is 14.1. The Kier molecular flexibility index (Phi) is 6.76. The molecule has 1 nitrogen and oxygen atoms in total. The summed E-state index contributed by atoms with van der Waals surface area (Å²) in [6, 6.07) is 8.53. The molecule has 0 aliphatic rings. The number of aryl methyl sites for hydroxylation is 1.